The number of nitrogens with zero attached hydrogens (tertiary/aromatic N) is 2. The van der Waals surface area contributed by atoms with Gasteiger partial charge in [0.15, 0.2) is 0 Å². The fourth-order valence-electron chi connectivity index (χ4n) is 4.84. The fourth-order valence-corrected chi connectivity index (χ4v) is 6.52. The van der Waals surface area contributed by atoms with Crippen LogP contribution < -0.4 is 14.4 Å². The molecule has 0 spiro atoms. The van der Waals surface area contributed by atoms with Crippen LogP contribution in [0.5, 0.6) is 5.75 Å². The topological polar surface area (TPSA) is 96.0 Å². The van der Waals surface area contributed by atoms with E-state index in [9.17, 15) is 22.4 Å². The zero-order chi connectivity index (χ0) is 33.1. The Morgan fingerprint density at radius 2 is 1.52 bits per heavy atom. The summed E-state index contributed by atoms with van der Waals surface area (Å²) in [6.07, 6.45) is 0.874. The Balaban J connectivity index is 1.79. The van der Waals surface area contributed by atoms with Crippen molar-refractivity contribution in [3.05, 3.63) is 125 Å². The highest BCUT2D eigenvalue weighted by Gasteiger charge is 2.34. The monoisotopic (exact) mass is 709 g/mol. The van der Waals surface area contributed by atoms with Crippen LogP contribution in [0.2, 0.25) is 0 Å². The molecule has 8 nitrogen and oxygen atoms in total. The normalized spacial score (nSPS) is 11.8. The number of hydrogen-bond donors (Lipinski definition) is 1. The minimum atomic E-state index is -4.25. The summed E-state index contributed by atoms with van der Waals surface area (Å²) in [5.41, 5.74) is 1.65. The van der Waals surface area contributed by atoms with Crippen molar-refractivity contribution in [3.8, 4) is 5.75 Å². The van der Waals surface area contributed by atoms with Gasteiger partial charge < -0.3 is 15.0 Å². The third kappa shape index (κ3) is 9.17. The van der Waals surface area contributed by atoms with E-state index in [2.05, 4.69) is 21.2 Å². The average Bonchev–Trinajstić information content (AvgIpc) is 3.06. The Labute approximate surface area is 278 Å². The molecule has 11 heteroatoms. The number of sulfonamides is 1. The van der Waals surface area contributed by atoms with E-state index in [4.69, 9.17) is 4.74 Å². The minimum absolute atomic E-state index is 0.0102. The zero-order valence-electron chi connectivity index (χ0n) is 25.7. The molecule has 0 fully saturated rings. The molecule has 0 aliphatic carbocycles. The molecule has 0 saturated heterocycles. The first-order valence-corrected chi connectivity index (χ1v) is 17.2. The number of anilines is 1. The first-order chi connectivity index (χ1) is 22.1. The quantitative estimate of drug-likeness (QED) is 0.155. The largest absolute Gasteiger partial charge is 0.494 e. The van der Waals surface area contributed by atoms with Gasteiger partial charge in [0, 0.05) is 24.0 Å². The van der Waals surface area contributed by atoms with Crippen LogP contribution in [0, 0.1) is 5.82 Å². The summed E-state index contributed by atoms with van der Waals surface area (Å²) in [5.74, 6) is -0.867. The summed E-state index contributed by atoms with van der Waals surface area (Å²) in [4.78, 5) is 29.5. The van der Waals surface area contributed by atoms with E-state index in [0.717, 1.165) is 9.87 Å². The second-order valence-corrected chi connectivity index (χ2v) is 13.3. The van der Waals surface area contributed by atoms with E-state index in [-0.39, 0.29) is 29.5 Å². The maximum atomic E-state index is 14.4. The van der Waals surface area contributed by atoms with E-state index in [1.54, 1.807) is 48.5 Å². The Kier molecular flexibility index (Phi) is 12.3. The molecule has 0 saturated carbocycles. The van der Waals surface area contributed by atoms with Gasteiger partial charge in [0.2, 0.25) is 11.8 Å². The average molecular weight is 711 g/mol. The first kappa shape index (κ1) is 34.6. The molecule has 4 aromatic rings. The smallest absolute Gasteiger partial charge is 0.264 e. The number of carbonyl (C=O) groups excluding carboxylic acids is 2. The fraction of sp³-hybridized carbons (Fsp3) is 0.257. The van der Waals surface area contributed by atoms with Gasteiger partial charge in [-0.3, -0.25) is 13.9 Å². The molecule has 0 aliphatic heterocycles. The van der Waals surface area contributed by atoms with E-state index in [1.807, 2.05) is 44.2 Å². The molecule has 2 amide bonds. The second kappa shape index (κ2) is 16.4. The van der Waals surface area contributed by atoms with E-state index in [1.165, 1.54) is 29.2 Å². The van der Waals surface area contributed by atoms with Crippen molar-refractivity contribution in [2.24, 2.45) is 0 Å². The Bertz CT molecular complexity index is 1690. The molecule has 1 atom stereocenters. The van der Waals surface area contributed by atoms with Crippen LogP contribution in [0.25, 0.3) is 0 Å². The molecule has 0 unspecified atom stereocenters. The van der Waals surface area contributed by atoms with Crippen molar-refractivity contribution >= 4 is 43.5 Å². The summed E-state index contributed by atoms with van der Waals surface area (Å²) in [7, 11) is -4.25. The number of hydrogen-bond acceptors (Lipinski definition) is 5. The van der Waals surface area contributed by atoms with Crippen LogP contribution in [0.3, 0.4) is 0 Å². The number of carbonyl (C=O) groups is 2. The lowest BCUT2D eigenvalue weighted by Gasteiger charge is -2.34. The van der Waals surface area contributed by atoms with Crippen LogP contribution in [0.1, 0.15) is 31.4 Å². The summed E-state index contributed by atoms with van der Waals surface area (Å²) in [6.45, 7) is 3.95. The van der Waals surface area contributed by atoms with Crippen LogP contribution in [0.4, 0.5) is 10.1 Å². The number of benzene rings is 4. The van der Waals surface area contributed by atoms with E-state index in [0.29, 0.717) is 35.4 Å². The lowest BCUT2D eigenvalue weighted by atomic mass is 10.0. The molecule has 0 heterocycles. The molecular weight excluding hydrogens is 673 g/mol. The van der Waals surface area contributed by atoms with Crippen LogP contribution in [-0.4, -0.2) is 50.9 Å². The number of nitrogens with one attached hydrogen (secondary N) is 1. The molecule has 242 valence electrons. The molecule has 0 radical (unpaired) electrons. The molecule has 46 heavy (non-hydrogen) atoms. The Morgan fingerprint density at radius 3 is 2.13 bits per heavy atom. The third-order valence-corrected chi connectivity index (χ3v) is 9.52. The van der Waals surface area contributed by atoms with Crippen molar-refractivity contribution < 1.29 is 27.1 Å². The van der Waals surface area contributed by atoms with Crippen LogP contribution >= 0.6 is 15.9 Å². The predicted molar refractivity (Wildman–Crippen MR) is 180 cm³/mol. The number of amides is 2. The van der Waals surface area contributed by atoms with Crippen molar-refractivity contribution in [2.75, 3.05) is 24.0 Å². The molecule has 4 rings (SSSR count). The predicted octanol–water partition coefficient (Wildman–Crippen LogP) is 6.35. The van der Waals surface area contributed by atoms with Gasteiger partial charge in [-0.2, -0.15) is 0 Å². The van der Waals surface area contributed by atoms with Gasteiger partial charge in [0.25, 0.3) is 10.0 Å². The van der Waals surface area contributed by atoms with E-state index >= 15 is 0 Å². The second-order valence-electron chi connectivity index (χ2n) is 10.5. The number of halogens is 2. The van der Waals surface area contributed by atoms with Gasteiger partial charge in [-0.1, -0.05) is 65.3 Å². The molecule has 0 bridgehead atoms. The maximum absolute atomic E-state index is 14.4. The van der Waals surface area contributed by atoms with Crippen LogP contribution in [-0.2, 0) is 32.6 Å². The van der Waals surface area contributed by atoms with E-state index < -0.39 is 34.3 Å². The van der Waals surface area contributed by atoms with Crippen molar-refractivity contribution in [3.63, 3.8) is 0 Å². The van der Waals surface area contributed by atoms with Crippen molar-refractivity contribution in [2.45, 2.75) is 44.2 Å². The molecule has 1 N–H and O–H groups in total. The van der Waals surface area contributed by atoms with Crippen molar-refractivity contribution in [1.29, 1.82) is 0 Å². The van der Waals surface area contributed by atoms with Gasteiger partial charge in [-0.05, 0) is 85.1 Å². The molecule has 4 aromatic carbocycles. The first-order valence-electron chi connectivity index (χ1n) is 15.0. The van der Waals surface area contributed by atoms with Gasteiger partial charge in [0.05, 0.1) is 17.2 Å². The zero-order valence-corrected chi connectivity index (χ0v) is 28.1. The molecule has 0 aliphatic rings. The lowest BCUT2D eigenvalue weighted by molar-refractivity contribution is -0.140. The Morgan fingerprint density at radius 1 is 0.870 bits per heavy atom. The minimum Gasteiger partial charge on any atom is -0.494 e. The van der Waals surface area contributed by atoms with Gasteiger partial charge in [-0.15, -0.1) is 0 Å². The summed E-state index contributed by atoms with van der Waals surface area (Å²) in [6, 6.07) is 26.5. The standard InChI is InChI=1S/C35H37BrFN3O5S/c1-3-22-38-35(42)33(23-26-8-6-5-7-9-26)39(24-27-10-14-29(37)15-11-27)34(41)25-40(30-16-18-31(19-17-30)45-4-2)46(43,44)32-20-12-28(36)13-21-32/h5-21,33H,3-4,22-25H2,1-2H3,(H,38,42)/t33-/m0/s1. The molecular formula is C35H37BrFN3O5S. The van der Waals surface area contributed by atoms with Crippen LogP contribution in [0.15, 0.2) is 112 Å². The SMILES string of the molecule is CCCNC(=O)[C@H](Cc1ccccc1)N(Cc1ccc(F)cc1)C(=O)CN(c1ccc(OCC)cc1)S(=O)(=O)c1ccc(Br)cc1. The van der Waals surface area contributed by atoms with Gasteiger partial charge in [-0.25, -0.2) is 12.8 Å². The Hall–Kier alpha value is -4.22. The number of rotatable bonds is 15. The summed E-state index contributed by atoms with van der Waals surface area (Å²) < 4.78 is 49.4. The lowest BCUT2D eigenvalue weighted by Crippen LogP contribution is -2.53. The van der Waals surface area contributed by atoms with Gasteiger partial charge in [0.1, 0.15) is 24.2 Å². The highest BCUT2D eigenvalue weighted by Crippen LogP contribution is 2.28. The highest BCUT2D eigenvalue weighted by molar-refractivity contribution is 9.10. The molecule has 0 aromatic heterocycles. The van der Waals surface area contributed by atoms with Gasteiger partial charge >= 0.3 is 0 Å². The van der Waals surface area contributed by atoms with Crippen molar-refractivity contribution in [1.82, 2.24) is 10.2 Å². The third-order valence-electron chi connectivity index (χ3n) is 7.20. The highest BCUT2D eigenvalue weighted by atomic mass is 79.9. The maximum Gasteiger partial charge on any atom is 0.264 e. The summed E-state index contributed by atoms with van der Waals surface area (Å²) in [5, 5.41) is 2.90. The summed E-state index contributed by atoms with van der Waals surface area (Å²) >= 11 is 3.34. The number of ether oxygens (including phenoxy) is 1.